The number of nitrogens with zero attached hydrogens (tertiary/aromatic N) is 6. The molecule has 0 atom stereocenters. The number of aromatic nitrogens is 2. The molecule has 2 fully saturated rings. The van der Waals surface area contributed by atoms with E-state index in [2.05, 4.69) is 25.0 Å². The highest BCUT2D eigenvalue weighted by molar-refractivity contribution is 6.11. The Bertz CT molecular complexity index is 1880. The van der Waals surface area contributed by atoms with E-state index in [9.17, 15) is 14.7 Å². The summed E-state index contributed by atoms with van der Waals surface area (Å²) in [7, 11) is 1.63. The molecule has 2 N–H and O–H groups in total. The van der Waals surface area contributed by atoms with E-state index < -0.39 is 5.82 Å². The standard InChI is InChI=1S/C36H40FN7O4/c1-40-18-30(39-35(36(40)47)38-24-6-8-25(9-7-24)41-10-12-42(13-11-41)26-21-48-22-26)28-16-23(37)17-32(29(28)20-45)43-14-15-44-31-5-3-2-4-27(31)34(46)33(44)19-43/h6-9,16-19,26,45H,2-5,10-15,20-22H2,1H3,(H,38,39). The summed E-state index contributed by atoms with van der Waals surface area (Å²) in [5, 5.41) is 13.8. The number of nitrogens with one attached hydrogen (secondary N) is 1. The van der Waals surface area contributed by atoms with Gasteiger partial charge in [-0.25, -0.2) is 9.37 Å². The maximum atomic E-state index is 15.3. The number of rotatable bonds is 7. The Hall–Kier alpha value is -4.52. The Morgan fingerprint density at radius 3 is 2.50 bits per heavy atom. The van der Waals surface area contributed by atoms with Gasteiger partial charge in [0.25, 0.3) is 5.56 Å². The number of aliphatic hydroxyl groups is 1. The van der Waals surface area contributed by atoms with E-state index in [4.69, 9.17) is 4.74 Å². The van der Waals surface area contributed by atoms with Crippen molar-refractivity contribution >= 4 is 28.7 Å². The lowest BCUT2D eigenvalue weighted by atomic mass is 9.96. The van der Waals surface area contributed by atoms with Crippen molar-refractivity contribution in [2.75, 3.05) is 67.6 Å². The molecule has 4 aliphatic heterocycles. The number of aryl methyl sites for hydroxylation is 1. The van der Waals surface area contributed by atoms with E-state index in [1.165, 1.54) is 16.7 Å². The molecule has 3 aromatic rings. The average molecular weight is 654 g/mol. The summed E-state index contributed by atoms with van der Waals surface area (Å²) in [4.78, 5) is 39.9. The maximum Gasteiger partial charge on any atom is 0.293 e. The van der Waals surface area contributed by atoms with Crippen LogP contribution < -0.4 is 20.7 Å². The van der Waals surface area contributed by atoms with Crippen molar-refractivity contribution in [3.8, 4) is 11.3 Å². The fourth-order valence-corrected chi connectivity index (χ4v) is 7.61. The predicted molar refractivity (Wildman–Crippen MR) is 182 cm³/mol. The molecule has 5 heterocycles. The maximum absolute atomic E-state index is 15.3. The lowest BCUT2D eigenvalue weighted by Crippen LogP contribution is -2.56. The second kappa shape index (κ2) is 12.5. The van der Waals surface area contributed by atoms with Crippen LogP contribution in [0.5, 0.6) is 0 Å². The van der Waals surface area contributed by atoms with Crippen molar-refractivity contribution in [3.63, 3.8) is 0 Å². The molecule has 2 aromatic carbocycles. The molecule has 48 heavy (non-hydrogen) atoms. The first kappa shape index (κ1) is 30.8. The zero-order chi connectivity index (χ0) is 32.9. The number of piperazine rings is 1. The molecule has 0 bridgehead atoms. The first-order valence-corrected chi connectivity index (χ1v) is 16.9. The van der Waals surface area contributed by atoms with Gasteiger partial charge in [-0.1, -0.05) is 0 Å². The van der Waals surface area contributed by atoms with E-state index in [0.29, 0.717) is 53.0 Å². The van der Waals surface area contributed by atoms with Gasteiger partial charge >= 0.3 is 0 Å². The molecule has 5 aliphatic rings. The number of halogens is 1. The van der Waals surface area contributed by atoms with E-state index in [1.807, 2.05) is 29.2 Å². The van der Waals surface area contributed by atoms with Crippen LogP contribution in [0, 0.1) is 5.82 Å². The van der Waals surface area contributed by atoms with Crippen LogP contribution in [0.25, 0.3) is 11.3 Å². The lowest BCUT2D eigenvalue weighted by Gasteiger charge is -2.43. The number of benzene rings is 2. The minimum Gasteiger partial charge on any atom is -0.392 e. The number of hydrogen-bond donors (Lipinski definition) is 2. The Labute approximate surface area is 278 Å². The lowest BCUT2D eigenvalue weighted by molar-refractivity contribution is -0.112. The molecule has 0 radical (unpaired) electrons. The van der Waals surface area contributed by atoms with Gasteiger partial charge in [0.05, 0.1) is 31.6 Å². The molecule has 12 heteroatoms. The second-order valence-corrected chi connectivity index (χ2v) is 13.2. The summed E-state index contributed by atoms with van der Waals surface area (Å²) < 4.78 is 22.1. The summed E-state index contributed by atoms with van der Waals surface area (Å²) in [6, 6.07) is 11.2. The van der Waals surface area contributed by atoms with Gasteiger partial charge in [0.1, 0.15) is 11.5 Å². The summed E-state index contributed by atoms with van der Waals surface area (Å²) in [5.41, 5.74) is 5.78. The quantitative estimate of drug-likeness (QED) is 0.392. The van der Waals surface area contributed by atoms with E-state index in [1.54, 1.807) is 19.4 Å². The van der Waals surface area contributed by atoms with Gasteiger partial charge in [-0.15, -0.1) is 0 Å². The number of carbonyl (C=O) groups excluding carboxylic acids is 1. The summed E-state index contributed by atoms with van der Waals surface area (Å²) >= 11 is 0. The Kier molecular flexibility index (Phi) is 8.02. The third kappa shape index (κ3) is 5.47. The monoisotopic (exact) mass is 653 g/mol. The fraction of sp³-hybridized carbons (Fsp3) is 0.417. The van der Waals surface area contributed by atoms with Crippen molar-refractivity contribution in [1.82, 2.24) is 19.4 Å². The second-order valence-electron chi connectivity index (χ2n) is 13.2. The van der Waals surface area contributed by atoms with Crippen molar-refractivity contribution in [1.29, 1.82) is 0 Å². The zero-order valence-electron chi connectivity index (χ0n) is 27.1. The molecule has 0 spiro atoms. The van der Waals surface area contributed by atoms with Crippen molar-refractivity contribution in [3.05, 3.63) is 87.5 Å². The fourth-order valence-electron chi connectivity index (χ4n) is 7.61. The van der Waals surface area contributed by atoms with Gasteiger partial charge in [-0.05, 0) is 62.1 Å². The highest BCUT2D eigenvalue weighted by Crippen LogP contribution is 2.41. The molecular weight excluding hydrogens is 613 g/mol. The SMILES string of the molecule is Cn1cc(-c2cc(F)cc(N3C=C4C(=O)C5=C(CCCC5)N4CC3)c2CO)nc(Nc2ccc(N3CCN(C4COC4)CC3)cc2)c1=O. The first-order chi connectivity index (χ1) is 23.4. The Morgan fingerprint density at radius 1 is 1.00 bits per heavy atom. The molecular formula is C36H40FN7O4. The van der Waals surface area contributed by atoms with E-state index in [0.717, 1.165) is 82.0 Å². The molecule has 1 aromatic heterocycles. The van der Waals surface area contributed by atoms with Crippen LogP contribution in [-0.4, -0.2) is 88.8 Å². The highest BCUT2D eigenvalue weighted by Gasteiger charge is 2.38. The van der Waals surface area contributed by atoms with Gasteiger partial charge in [-0.2, -0.15) is 0 Å². The zero-order valence-corrected chi connectivity index (χ0v) is 27.1. The van der Waals surface area contributed by atoms with Gasteiger partial charge in [-0.3, -0.25) is 14.5 Å². The minimum absolute atomic E-state index is 0.0436. The van der Waals surface area contributed by atoms with Gasteiger partial charge < -0.3 is 34.4 Å². The van der Waals surface area contributed by atoms with E-state index >= 15 is 4.39 Å². The first-order valence-electron chi connectivity index (χ1n) is 16.9. The third-order valence-corrected chi connectivity index (χ3v) is 10.4. The third-order valence-electron chi connectivity index (χ3n) is 10.4. The number of aliphatic hydroxyl groups excluding tert-OH is 1. The predicted octanol–water partition coefficient (Wildman–Crippen LogP) is 3.72. The van der Waals surface area contributed by atoms with Crippen molar-refractivity contribution in [2.24, 2.45) is 7.05 Å². The van der Waals surface area contributed by atoms with Crippen LogP contribution in [0.2, 0.25) is 0 Å². The van der Waals surface area contributed by atoms with Crippen LogP contribution in [0.1, 0.15) is 31.2 Å². The molecule has 1 aliphatic carbocycles. The van der Waals surface area contributed by atoms with Crippen molar-refractivity contribution < 1.29 is 19.0 Å². The van der Waals surface area contributed by atoms with Crippen LogP contribution >= 0.6 is 0 Å². The highest BCUT2D eigenvalue weighted by atomic mass is 19.1. The summed E-state index contributed by atoms with van der Waals surface area (Å²) in [6.07, 6.45) is 7.12. The average Bonchev–Trinajstić information content (AvgIpc) is 3.37. The number of hydrogen-bond acceptors (Lipinski definition) is 10. The molecule has 0 saturated carbocycles. The molecule has 0 amide bonds. The van der Waals surface area contributed by atoms with E-state index in [-0.39, 0.29) is 23.8 Å². The van der Waals surface area contributed by atoms with Gasteiger partial charge in [0.2, 0.25) is 5.78 Å². The summed E-state index contributed by atoms with van der Waals surface area (Å²) in [5.74, 6) is -0.365. The van der Waals surface area contributed by atoms with Gasteiger partial charge in [0.15, 0.2) is 5.82 Å². The molecule has 2 saturated heterocycles. The normalized spacial score (nSPS) is 20.1. The number of allylic oxidation sites excluding steroid dienone is 2. The molecule has 8 rings (SSSR count). The minimum atomic E-state index is -0.504. The summed E-state index contributed by atoms with van der Waals surface area (Å²) in [6.45, 7) is 6.29. The van der Waals surface area contributed by atoms with Crippen molar-refractivity contribution in [2.45, 2.75) is 38.3 Å². The molecule has 0 unspecified atom stereocenters. The number of Topliss-reactive ketones (excluding diaryl/α,β-unsaturated/α-hetero) is 1. The van der Waals surface area contributed by atoms with Crippen LogP contribution in [-0.2, 0) is 23.2 Å². The molecule has 11 nitrogen and oxygen atoms in total. The number of ketones is 1. The number of fused-ring (bicyclic) bond motifs is 2. The number of carbonyl (C=O) groups is 1. The number of ether oxygens (including phenoxy) is 1. The molecule has 250 valence electrons. The largest absolute Gasteiger partial charge is 0.392 e. The smallest absolute Gasteiger partial charge is 0.293 e. The Balaban J connectivity index is 1.05. The Morgan fingerprint density at radius 2 is 1.77 bits per heavy atom. The number of anilines is 4. The van der Waals surface area contributed by atoms with Crippen LogP contribution in [0.15, 0.2) is 70.6 Å². The van der Waals surface area contributed by atoms with Gasteiger partial charge in [0, 0.05) is 98.2 Å². The topological polar surface area (TPSA) is 106 Å². The van der Waals surface area contributed by atoms with Crippen LogP contribution in [0.4, 0.5) is 27.3 Å². The van der Waals surface area contributed by atoms with Crippen LogP contribution in [0.3, 0.4) is 0 Å².